The number of urea groups is 1. The van der Waals surface area contributed by atoms with Gasteiger partial charge in [0.05, 0.1) is 0 Å². The van der Waals surface area contributed by atoms with Crippen molar-refractivity contribution in [2.45, 2.75) is 46.1 Å². The van der Waals surface area contributed by atoms with Crippen LogP contribution in [0.15, 0.2) is 24.3 Å². The molecule has 0 spiro atoms. The minimum atomic E-state index is -0.241. The second-order valence-electron chi connectivity index (χ2n) is 6.34. The van der Waals surface area contributed by atoms with Crippen LogP contribution in [0.3, 0.4) is 0 Å². The van der Waals surface area contributed by atoms with Crippen molar-refractivity contribution < 1.29 is 9.90 Å². The van der Waals surface area contributed by atoms with Gasteiger partial charge in [-0.3, -0.25) is 0 Å². The third-order valence-electron chi connectivity index (χ3n) is 3.48. The second-order valence-corrected chi connectivity index (χ2v) is 6.34. The quantitative estimate of drug-likeness (QED) is 0.792. The topological polar surface area (TPSA) is 61.4 Å². The highest BCUT2D eigenvalue weighted by molar-refractivity contribution is 5.90. The van der Waals surface area contributed by atoms with Crippen LogP contribution in [0, 0.1) is 5.92 Å². The lowest BCUT2D eigenvalue weighted by molar-refractivity contribution is 0.204. The van der Waals surface area contributed by atoms with Crippen molar-refractivity contribution in [1.29, 1.82) is 0 Å². The lowest BCUT2D eigenvalue weighted by atomic mass is 9.86. The summed E-state index contributed by atoms with van der Waals surface area (Å²) in [5.74, 6) is 0.0265. The van der Waals surface area contributed by atoms with Gasteiger partial charge in [-0.25, -0.2) is 4.79 Å². The summed E-state index contributed by atoms with van der Waals surface area (Å²) in [6.45, 7) is 10.2. The summed E-state index contributed by atoms with van der Waals surface area (Å²) >= 11 is 0. The van der Waals surface area contributed by atoms with Gasteiger partial charge in [0.2, 0.25) is 0 Å². The largest absolute Gasteiger partial charge is 0.396 e. The van der Waals surface area contributed by atoms with Gasteiger partial charge in [-0.05, 0) is 29.9 Å². The summed E-state index contributed by atoms with van der Waals surface area (Å²) < 4.78 is 0. The zero-order valence-electron chi connectivity index (χ0n) is 13.0. The van der Waals surface area contributed by atoms with E-state index >= 15 is 0 Å². The molecule has 3 N–H and O–H groups in total. The van der Waals surface area contributed by atoms with E-state index in [0.717, 1.165) is 11.3 Å². The predicted molar refractivity (Wildman–Crippen MR) is 83.0 cm³/mol. The number of amides is 2. The minimum Gasteiger partial charge on any atom is -0.396 e. The summed E-state index contributed by atoms with van der Waals surface area (Å²) in [5.41, 5.74) is 1.88. The molecular formula is C16H26N2O2. The highest BCUT2D eigenvalue weighted by atomic mass is 16.3. The van der Waals surface area contributed by atoms with Gasteiger partial charge >= 0.3 is 6.03 Å². The molecule has 1 aromatic rings. The Morgan fingerprint density at radius 2 is 1.85 bits per heavy atom. The Kier molecular flexibility index (Phi) is 5.57. The molecule has 1 aromatic carbocycles. The number of para-hydroxylation sites is 1. The molecule has 4 nitrogen and oxygen atoms in total. The highest BCUT2D eigenvalue weighted by Gasteiger charge is 2.19. The molecular weight excluding hydrogens is 252 g/mol. The molecule has 2 amide bonds. The average molecular weight is 278 g/mol. The molecule has 112 valence electrons. The molecule has 2 unspecified atom stereocenters. The molecule has 0 aliphatic heterocycles. The first-order valence-corrected chi connectivity index (χ1v) is 7.03. The lowest BCUT2D eigenvalue weighted by Gasteiger charge is -2.24. The normalized spacial score (nSPS) is 14.5. The summed E-state index contributed by atoms with van der Waals surface area (Å²) in [6.07, 6.45) is 0. The number of carbonyl (C=O) groups excluding carboxylic acids is 1. The number of benzene rings is 1. The van der Waals surface area contributed by atoms with Gasteiger partial charge < -0.3 is 15.7 Å². The van der Waals surface area contributed by atoms with Gasteiger partial charge in [-0.1, -0.05) is 45.9 Å². The van der Waals surface area contributed by atoms with E-state index in [2.05, 4.69) is 31.4 Å². The van der Waals surface area contributed by atoms with Gasteiger partial charge in [-0.2, -0.15) is 0 Å². The Hall–Kier alpha value is -1.55. The van der Waals surface area contributed by atoms with Crippen LogP contribution in [0.2, 0.25) is 0 Å². The average Bonchev–Trinajstić information content (AvgIpc) is 2.36. The molecule has 0 saturated heterocycles. The van der Waals surface area contributed by atoms with Gasteiger partial charge in [-0.15, -0.1) is 0 Å². The van der Waals surface area contributed by atoms with Gasteiger partial charge in [0.25, 0.3) is 0 Å². The number of carbonyl (C=O) groups is 1. The van der Waals surface area contributed by atoms with Crippen LogP contribution in [-0.4, -0.2) is 23.8 Å². The number of hydrogen-bond acceptors (Lipinski definition) is 2. The monoisotopic (exact) mass is 278 g/mol. The maximum atomic E-state index is 12.0. The van der Waals surface area contributed by atoms with Crippen molar-refractivity contribution in [1.82, 2.24) is 5.32 Å². The van der Waals surface area contributed by atoms with Crippen LogP contribution in [0.5, 0.6) is 0 Å². The van der Waals surface area contributed by atoms with Crippen molar-refractivity contribution in [3.63, 3.8) is 0 Å². The van der Waals surface area contributed by atoms with Crippen molar-refractivity contribution in [3.05, 3.63) is 29.8 Å². The number of anilines is 1. The fraction of sp³-hybridized carbons (Fsp3) is 0.562. The Balaban J connectivity index is 2.77. The fourth-order valence-corrected chi connectivity index (χ4v) is 1.91. The molecule has 0 bridgehead atoms. The molecule has 0 heterocycles. The second kappa shape index (κ2) is 6.75. The van der Waals surface area contributed by atoms with E-state index in [1.807, 2.05) is 38.1 Å². The minimum absolute atomic E-state index is 0.0265. The SMILES string of the molecule is CC(CO)C(C)NC(=O)Nc1ccccc1C(C)(C)C. The Morgan fingerprint density at radius 1 is 1.25 bits per heavy atom. The number of hydrogen-bond donors (Lipinski definition) is 3. The van der Waals surface area contributed by atoms with E-state index in [-0.39, 0.29) is 30.0 Å². The maximum absolute atomic E-state index is 12.0. The van der Waals surface area contributed by atoms with Crippen LogP contribution in [0.4, 0.5) is 10.5 Å². The maximum Gasteiger partial charge on any atom is 0.319 e. The Labute approximate surface area is 121 Å². The first-order chi connectivity index (χ1) is 9.25. The molecule has 20 heavy (non-hydrogen) atoms. The first-order valence-electron chi connectivity index (χ1n) is 7.03. The number of aliphatic hydroxyl groups is 1. The van der Waals surface area contributed by atoms with Crippen LogP contribution in [-0.2, 0) is 5.41 Å². The fourth-order valence-electron chi connectivity index (χ4n) is 1.91. The Morgan fingerprint density at radius 3 is 2.40 bits per heavy atom. The molecule has 0 fully saturated rings. The lowest BCUT2D eigenvalue weighted by Crippen LogP contribution is -2.41. The smallest absolute Gasteiger partial charge is 0.319 e. The van der Waals surface area contributed by atoms with Gasteiger partial charge in [0, 0.05) is 18.3 Å². The third kappa shape index (κ3) is 4.53. The van der Waals surface area contributed by atoms with Crippen LogP contribution in [0.25, 0.3) is 0 Å². The van der Waals surface area contributed by atoms with E-state index < -0.39 is 0 Å². The molecule has 0 aliphatic carbocycles. The zero-order valence-corrected chi connectivity index (χ0v) is 13.0. The highest BCUT2D eigenvalue weighted by Crippen LogP contribution is 2.29. The number of nitrogens with one attached hydrogen (secondary N) is 2. The van der Waals surface area contributed by atoms with E-state index in [1.165, 1.54) is 0 Å². The van der Waals surface area contributed by atoms with Crippen molar-refractivity contribution in [2.24, 2.45) is 5.92 Å². The Bertz CT molecular complexity index is 452. The summed E-state index contributed by atoms with van der Waals surface area (Å²) in [5, 5.41) is 14.8. The van der Waals surface area contributed by atoms with Gasteiger partial charge in [0.1, 0.15) is 0 Å². The molecule has 0 saturated carbocycles. The third-order valence-corrected chi connectivity index (χ3v) is 3.48. The standard InChI is InChI=1S/C16H26N2O2/c1-11(10-19)12(2)17-15(20)18-14-9-7-6-8-13(14)16(3,4)5/h6-9,11-12,19H,10H2,1-5H3,(H2,17,18,20). The molecule has 4 heteroatoms. The van der Waals surface area contributed by atoms with E-state index in [0.29, 0.717) is 0 Å². The van der Waals surface area contributed by atoms with Crippen molar-refractivity contribution in [2.75, 3.05) is 11.9 Å². The van der Waals surface area contributed by atoms with Crippen LogP contribution in [0.1, 0.15) is 40.2 Å². The van der Waals surface area contributed by atoms with E-state index in [1.54, 1.807) is 0 Å². The molecule has 0 aromatic heterocycles. The summed E-state index contributed by atoms with van der Waals surface area (Å²) in [7, 11) is 0. The van der Waals surface area contributed by atoms with Crippen LogP contribution < -0.4 is 10.6 Å². The molecule has 0 aliphatic rings. The molecule has 2 atom stereocenters. The first kappa shape index (κ1) is 16.5. The van der Waals surface area contributed by atoms with Crippen molar-refractivity contribution in [3.8, 4) is 0 Å². The molecule has 0 radical (unpaired) electrons. The molecule has 1 rings (SSSR count). The van der Waals surface area contributed by atoms with Crippen LogP contribution >= 0.6 is 0 Å². The predicted octanol–water partition coefficient (Wildman–Crippen LogP) is 3.12. The zero-order chi connectivity index (χ0) is 15.3. The number of aliphatic hydroxyl groups excluding tert-OH is 1. The summed E-state index contributed by atoms with van der Waals surface area (Å²) in [4.78, 5) is 12.0. The van der Waals surface area contributed by atoms with Gasteiger partial charge in [0.15, 0.2) is 0 Å². The van der Waals surface area contributed by atoms with E-state index in [9.17, 15) is 4.79 Å². The summed E-state index contributed by atoms with van der Waals surface area (Å²) in [6, 6.07) is 7.48. The van der Waals surface area contributed by atoms with E-state index in [4.69, 9.17) is 5.11 Å². The number of rotatable bonds is 4. The van der Waals surface area contributed by atoms with Crippen molar-refractivity contribution >= 4 is 11.7 Å².